The van der Waals surface area contributed by atoms with E-state index in [4.69, 9.17) is 0 Å². The first-order chi connectivity index (χ1) is 3.93. The van der Waals surface area contributed by atoms with Crippen LogP contribution in [0.15, 0.2) is 23.2 Å². The third kappa shape index (κ3) is 1.04. The van der Waals surface area contributed by atoms with Gasteiger partial charge in [0.15, 0.2) is 0 Å². The van der Waals surface area contributed by atoms with E-state index >= 15 is 0 Å². The Morgan fingerprint density at radius 1 is 1.75 bits per heavy atom. The van der Waals surface area contributed by atoms with Crippen LogP contribution in [0, 0.1) is 0 Å². The predicted octanol–water partition coefficient (Wildman–Crippen LogP) is 1.19. The molecular formula is C7H9N. The van der Waals surface area contributed by atoms with E-state index in [2.05, 4.69) is 16.8 Å². The van der Waals surface area contributed by atoms with E-state index in [0.29, 0.717) is 0 Å². The van der Waals surface area contributed by atoms with Crippen molar-refractivity contribution in [3.8, 4) is 0 Å². The molecule has 42 valence electrons. The van der Waals surface area contributed by atoms with Crippen molar-refractivity contribution in [1.82, 2.24) is 5.32 Å². The van der Waals surface area contributed by atoms with Crippen LogP contribution in [-0.4, -0.2) is 7.05 Å². The van der Waals surface area contributed by atoms with E-state index in [9.17, 15) is 0 Å². The Morgan fingerprint density at radius 3 is 3.00 bits per heavy atom. The third-order valence-corrected chi connectivity index (χ3v) is 1.17. The lowest BCUT2D eigenvalue weighted by Crippen LogP contribution is -2.04. The van der Waals surface area contributed by atoms with Crippen molar-refractivity contribution in [3.05, 3.63) is 23.2 Å². The van der Waals surface area contributed by atoms with Gasteiger partial charge < -0.3 is 5.32 Å². The summed E-state index contributed by atoms with van der Waals surface area (Å²) in [5.41, 5.74) is 7.04. The Labute approximate surface area is 49.4 Å². The minimum absolute atomic E-state index is 1.09. The van der Waals surface area contributed by atoms with Gasteiger partial charge in [0, 0.05) is 7.05 Å². The van der Waals surface area contributed by atoms with Crippen LogP contribution in [0.5, 0.6) is 0 Å². The van der Waals surface area contributed by atoms with Gasteiger partial charge in [-0.05, 0) is 24.6 Å². The second-order valence-electron chi connectivity index (χ2n) is 1.74. The van der Waals surface area contributed by atoms with Crippen molar-refractivity contribution in [1.29, 1.82) is 0 Å². The number of allylic oxidation sites excluding steroid dienone is 2. The molecule has 0 aromatic heterocycles. The molecule has 0 aliphatic heterocycles. The standard InChI is InChI=1S/C7H9N/c1-8-7-5-3-2-4-6-7/h2,8H,3,5H2,1H3. The van der Waals surface area contributed by atoms with Gasteiger partial charge in [-0.25, -0.2) is 0 Å². The maximum atomic E-state index is 3.03. The molecule has 1 rings (SSSR count). The van der Waals surface area contributed by atoms with Crippen LogP contribution < -0.4 is 5.32 Å². The molecule has 0 unspecified atom stereocenters. The predicted molar refractivity (Wildman–Crippen MR) is 33.4 cm³/mol. The molecule has 0 aromatic carbocycles. The van der Waals surface area contributed by atoms with Crippen LogP contribution in [0.1, 0.15) is 12.8 Å². The number of hydrogen-bond acceptors (Lipinski definition) is 1. The fraction of sp³-hybridized carbons (Fsp3) is 0.429. The molecule has 8 heavy (non-hydrogen) atoms. The van der Waals surface area contributed by atoms with Gasteiger partial charge in [-0.3, -0.25) is 0 Å². The lowest BCUT2D eigenvalue weighted by atomic mass is 10.2. The molecule has 0 fully saturated rings. The van der Waals surface area contributed by atoms with Gasteiger partial charge in [-0.2, -0.15) is 0 Å². The van der Waals surface area contributed by atoms with Crippen LogP contribution >= 0.6 is 0 Å². The molecule has 0 atom stereocenters. The maximum absolute atomic E-state index is 3.03. The first kappa shape index (κ1) is 5.24. The summed E-state index contributed by atoms with van der Waals surface area (Å²) in [6, 6.07) is 0. The highest BCUT2D eigenvalue weighted by Gasteiger charge is 1.90. The monoisotopic (exact) mass is 107 g/mol. The van der Waals surface area contributed by atoms with Crippen LogP contribution in [0.3, 0.4) is 0 Å². The highest BCUT2D eigenvalue weighted by molar-refractivity contribution is 5.04. The molecule has 0 bridgehead atoms. The van der Waals surface area contributed by atoms with Crippen LogP contribution in [0.2, 0.25) is 0 Å². The summed E-state index contributed by atoms with van der Waals surface area (Å²) in [7, 11) is 1.91. The molecule has 1 heteroatoms. The van der Waals surface area contributed by atoms with E-state index in [0.717, 1.165) is 18.5 Å². The molecule has 1 nitrogen and oxygen atoms in total. The van der Waals surface area contributed by atoms with Crippen LogP contribution in [0.4, 0.5) is 0 Å². The van der Waals surface area contributed by atoms with E-state index in [1.807, 2.05) is 13.1 Å². The topological polar surface area (TPSA) is 12.0 Å². The average Bonchev–Trinajstić information content (AvgIpc) is 1.90. The Hall–Kier alpha value is -0.900. The summed E-state index contributed by atoms with van der Waals surface area (Å²) >= 11 is 0. The summed E-state index contributed by atoms with van der Waals surface area (Å²) < 4.78 is 0. The lowest BCUT2D eigenvalue weighted by Gasteiger charge is -2.00. The van der Waals surface area contributed by atoms with Crippen molar-refractivity contribution >= 4 is 0 Å². The Morgan fingerprint density at radius 2 is 2.62 bits per heavy atom. The Bertz CT molecular complexity index is 167. The number of nitrogens with one attached hydrogen (secondary N) is 1. The average molecular weight is 107 g/mol. The molecular weight excluding hydrogens is 98.1 g/mol. The van der Waals surface area contributed by atoms with Gasteiger partial charge in [-0.15, -0.1) is 0 Å². The van der Waals surface area contributed by atoms with Crippen LogP contribution in [-0.2, 0) is 0 Å². The first-order valence-electron chi connectivity index (χ1n) is 2.80. The molecule has 0 heterocycles. The zero-order valence-electron chi connectivity index (χ0n) is 4.99. The molecule has 0 saturated carbocycles. The minimum Gasteiger partial charge on any atom is -0.385 e. The molecule has 1 aliphatic rings. The Kier molecular flexibility index (Phi) is 1.58. The highest BCUT2D eigenvalue weighted by Crippen LogP contribution is 2.01. The lowest BCUT2D eigenvalue weighted by molar-refractivity contribution is 0.849. The van der Waals surface area contributed by atoms with Gasteiger partial charge in [0.2, 0.25) is 0 Å². The summed E-state index contributed by atoms with van der Waals surface area (Å²) in [6.45, 7) is 0. The van der Waals surface area contributed by atoms with E-state index in [-0.39, 0.29) is 0 Å². The van der Waals surface area contributed by atoms with E-state index in [1.165, 1.54) is 0 Å². The molecule has 0 amide bonds. The summed E-state index contributed by atoms with van der Waals surface area (Å²) in [5.74, 6) is 0. The zero-order valence-corrected chi connectivity index (χ0v) is 4.99. The van der Waals surface area contributed by atoms with E-state index < -0.39 is 0 Å². The number of rotatable bonds is 1. The second-order valence-corrected chi connectivity index (χ2v) is 1.74. The highest BCUT2D eigenvalue weighted by atomic mass is 14.8. The minimum atomic E-state index is 1.09. The maximum Gasteiger partial charge on any atom is 0.0622 e. The Balaban J connectivity index is 2.79. The fourth-order valence-corrected chi connectivity index (χ4v) is 0.677. The largest absolute Gasteiger partial charge is 0.385 e. The zero-order chi connectivity index (χ0) is 5.82. The van der Waals surface area contributed by atoms with Crippen molar-refractivity contribution < 1.29 is 0 Å². The quantitative estimate of drug-likeness (QED) is 0.496. The van der Waals surface area contributed by atoms with Crippen molar-refractivity contribution in [2.24, 2.45) is 0 Å². The fourth-order valence-electron chi connectivity index (χ4n) is 0.677. The molecule has 1 aliphatic carbocycles. The van der Waals surface area contributed by atoms with Gasteiger partial charge in [0.1, 0.15) is 0 Å². The van der Waals surface area contributed by atoms with Gasteiger partial charge in [-0.1, -0.05) is 5.73 Å². The smallest absolute Gasteiger partial charge is 0.0622 e. The number of hydrogen-bond donors (Lipinski definition) is 1. The third-order valence-electron chi connectivity index (χ3n) is 1.17. The van der Waals surface area contributed by atoms with Crippen molar-refractivity contribution in [2.75, 3.05) is 7.05 Å². The van der Waals surface area contributed by atoms with E-state index in [1.54, 1.807) is 0 Å². The van der Waals surface area contributed by atoms with Crippen LogP contribution in [0.25, 0.3) is 0 Å². The molecule has 1 N–H and O–H groups in total. The summed E-state index contributed by atoms with van der Waals surface area (Å²) in [6.07, 6.45) is 4.19. The van der Waals surface area contributed by atoms with Gasteiger partial charge in [0.05, 0.1) is 5.70 Å². The van der Waals surface area contributed by atoms with Crippen molar-refractivity contribution in [2.45, 2.75) is 12.8 Å². The first-order valence-corrected chi connectivity index (χ1v) is 2.80. The molecule has 0 radical (unpaired) electrons. The summed E-state index contributed by atoms with van der Waals surface area (Å²) in [4.78, 5) is 0. The molecule has 0 spiro atoms. The SMILES string of the molecule is CNC1=C=C=CCC1. The molecule has 0 aromatic rings. The normalized spacial score (nSPS) is 15.9. The van der Waals surface area contributed by atoms with Gasteiger partial charge >= 0.3 is 0 Å². The van der Waals surface area contributed by atoms with Gasteiger partial charge in [0.25, 0.3) is 0 Å². The summed E-state index contributed by atoms with van der Waals surface area (Å²) in [5, 5.41) is 3.03. The molecule has 0 saturated heterocycles. The van der Waals surface area contributed by atoms with Crippen molar-refractivity contribution in [3.63, 3.8) is 0 Å². The second kappa shape index (κ2) is 2.42.